The van der Waals surface area contributed by atoms with E-state index in [2.05, 4.69) is 0 Å². The standard InChI is InChI=1S/C21H26O4/c1-13(2)12-17-20(23)18(21(24)25-17)19(22)15(4)11-10-14(3)16-8-6-5-7-9-16/h5-10,13,15,17,22H,11-12H2,1-4H3. The number of hydrogen-bond donors (Lipinski definition) is 1. The van der Waals surface area contributed by atoms with Crippen LogP contribution >= 0.6 is 0 Å². The van der Waals surface area contributed by atoms with Gasteiger partial charge in [-0.3, -0.25) is 4.79 Å². The van der Waals surface area contributed by atoms with Crippen molar-refractivity contribution in [3.05, 3.63) is 53.3 Å². The zero-order valence-corrected chi connectivity index (χ0v) is 15.3. The molecule has 1 aliphatic heterocycles. The molecule has 4 heteroatoms. The Balaban J connectivity index is 2.13. The predicted molar refractivity (Wildman–Crippen MR) is 97.9 cm³/mol. The summed E-state index contributed by atoms with van der Waals surface area (Å²) in [5.41, 5.74) is 2.02. The van der Waals surface area contributed by atoms with Crippen LogP contribution in [0.1, 0.15) is 46.1 Å². The molecule has 1 N–H and O–H groups in total. The number of ether oxygens (including phenoxy) is 1. The molecule has 0 saturated carbocycles. The Morgan fingerprint density at radius 1 is 1.20 bits per heavy atom. The Labute approximate surface area is 149 Å². The van der Waals surface area contributed by atoms with Gasteiger partial charge < -0.3 is 9.84 Å². The summed E-state index contributed by atoms with van der Waals surface area (Å²) >= 11 is 0. The van der Waals surface area contributed by atoms with E-state index in [4.69, 9.17) is 4.74 Å². The first-order valence-corrected chi connectivity index (χ1v) is 8.71. The molecule has 0 radical (unpaired) electrons. The summed E-state index contributed by atoms with van der Waals surface area (Å²) in [6, 6.07) is 9.93. The third kappa shape index (κ3) is 4.59. The molecule has 1 aromatic carbocycles. The van der Waals surface area contributed by atoms with Crippen molar-refractivity contribution in [2.45, 2.75) is 46.6 Å². The number of ketones is 1. The minimum atomic E-state index is -0.765. The van der Waals surface area contributed by atoms with Gasteiger partial charge in [0.25, 0.3) is 0 Å². The smallest absolute Gasteiger partial charge is 0.346 e. The van der Waals surface area contributed by atoms with E-state index in [1.54, 1.807) is 6.92 Å². The summed E-state index contributed by atoms with van der Waals surface area (Å²) in [6.45, 7) is 7.72. The lowest BCUT2D eigenvalue weighted by Gasteiger charge is -2.11. The summed E-state index contributed by atoms with van der Waals surface area (Å²) in [6.07, 6.45) is 2.25. The number of carbonyl (C=O) groups excluding carboxylic acids is 2. The molecule has 4 nitrogen and oxygen atoms in total. The van der Waals surface area contributed by atoms with Crippen molar-refractivity contribution >= 4 is 17.3 Å². The lowest BCUT2D eigenvalue weighted by molar-refractivity contribution is -0.141. The van der Waals surface area contributed by atoms with Gasteiger partial charge in [-0.2, -0.15) is 0 Å². The van der Waals surface area contributed by atoms with Crippen molar-refractivity contribution < 1.29 is 19.4 Å². The van der Waals surface area contributed by atoms with Gasteiger partial charge in [-0.25, -0.2) is 4.79 Å². The van der Waals surface area contributed by atoms with E-state index in [-0.39, 0.29) is 23.2 Å². The number of carbonyl (C=O) groups is 2. The van der Waals surface area contributed by atoms with E-state index in [9.17, 15) is 14.7 Å². The van der Waals surface area contributed by atoms with Crippen molar-refractivity contribution in [3.63, 3.8) is 0 Å². The largest absolute Gasteiger partial charge is 0.511 e. The third-order valence-corrected chi connectivity index (χ3v) is 4.41. The summed E-state index contributed by atoms with van der Waals surface area (Å²) < 4.78 is 5.14. The first-order valence-electron chi connectivity index (χ1n) is 8.71. The third-order valence-electron chi connectivity index (χ3n) is 4.41. The molecule has 1 aromatic rings. The highest BCUT2D eigenvalue weighted by atomic mass is 16.6. The first-order chi connectivity index (χ1) is 11.8. The van der Waals surface area contributed by atoms with Crippen molar-refractivity contribution in [2.75, 3.05) is 0 Å². The highest BCUT2D eigenvalue weighted by Crippen LogP contribution is 2.28. The molecule has 1 saturated heterocycles. The van der Waals surface area contributed by atoms with Crippen LogP contribution in [0.2, 0.25) is 0 Å². The average Bonchev–Trinajstić information content (AvgIpc) is 2.85. The van der Waals surface area contributed by atoms with E-state index in [1.165, 1.54) is 0 Å². The van der Waals surface area contributed by atoms with E-state index < -0.39 is 17.9 Å². The zero-order valence-electron chi connectivity index (χ0n) is 15.3. The Morgan fingerprint density at radius 3 is 2.44 bits per heavy atom. The molecule has 134 valence electrons. The maximum Gasteiger partial charge on any atom is 0.346 e. The molecule has 2 unspecified atom stereocenters. The van der Waals surface area contributed by atoms with Gasteiger partial charge in [0.2, 0.25) is 5.78 Å². The molecule has 0 spiro atoms. The highest BCUT2D eigenvalue weighted by molar-refractivity contribution is 6.23. The second kappa shape index (κ2) is 8.15. The summed E-state index contributed by atoms with van der Waals surface area (Å²) in [4.78, 5) is 24.4. The molecular weight excluding hydrogens is 316 g/mol. The van der Waals surface area contributed by atoms with Crippen LogP contribution in [-0.2, 0) is 14.3 Å². The van der Waals surface area contributed by atoms with Crippen molar-refractivity contribution in [1.29, 1.82) is 0 Å². The number of aliphatic hydroxyl groups is 1. The number of allylic oxidation sites excluding steroid dienone is 3. The highest BCUT2D eigenvalue weighted by Gasteiger charge is 2.41. The van der Waals surface area contributed by atoms with Gasteiger partial charge in [0, 0.05) is 5.92 Å². The molecule has 25 heavy (non-hydrogen) atoms. The molecule has 1 heterocycles. The van der Waals surface area contributed by atoms with Crippen LogP contribution in [0.3, 0.4) is 0 Å². The molecule has 0 amide bonds. The second-order valence-electron chi connectivity index (χ2n) is 7.04. The number of Topliss-reactive ketones (excluding diaryl/α,β-unsaturated/α-hetero) is 1. The SMILES string of the molecule is CC(=CCC(C)C(O)=C1C(=O)OC(CC(C)C)C1=O)c1ccccc1. The summed E-state index contributed by atoms with van der Waals surface area (Å²) in [7, 11) is 0. The fraction of sp³-hybridized carbons (Fsp3) is 0.429. The average molecular weight is 342 g/mol. The minimum absolute atomic E-state index is 0.168. The molecule has 1 aliphatic rings. The molecule has 0 aromatic heterocycles. The number of rotatable bonds is 6. The normalized spacial score (nSPS) is 21.5. The van der Waals surface area contributed by atoms with E-state index in [0.29, 0.717) is 12.8 Å². The fourth-order valence-electron chi connectivity index (χ4n) is 2.85. The van der Waals surface area contributed by atoms with Gasteiger partial charge in [0.1, 0.15) is 11.3 Å². The van der Waals surface area contributed by atoms with E-state index in [1.807, 2.05) is 57.2 Å². The van der Waals surface area contributed by atoms with Gasteiger partial charge >= 0.3 is 5.97 Å². The maximum atomic E-state index is 12.4. The van der Waals surface area contributed by atoms with Crippen LogP contribution in [0, 0.1) is 11.8 Å². The summed E-state index contributed by atoms with van der Waals surface area (Å²) in [5.74, 6) is -1.37. The lowest BCUT2D eigenvalue weighted by atomic mass is 9.94. The van der Waals surface area contributed by atoms with Gasteiger partial charge in [0.05, 0.1) is 0 Å². The monoisotopic (exact) mass is 342 g/mol. The number of cyclic esters (lactones) is 1. The summed E-state index contributed by atoms with van der Waals surface area (Å²) in [5, 5.41) is 10.4. The van der Waals surface area contributed by atoms with Crippen molar-refractivity contribution in [3.8, 4) is 0 Å². The number of hydrogen-bond acceptors (Lipinski definition) is 4. The maximum absolute atomic E-state index is 12.4. The fourth-order valence-corrected chi connectivity index (χ4v) is 2.85. The minimum Gasteiger partial charge on any atom is -0.511 e. The van der Waals surface area contributed by atoms with Crippen molar-refractivity contribution in [2.24, 2.45) is 11.8 Å². The molecule has 0 bridgehead atoms. The number of esters is 1. The van der Waals surface area contributed by atoms with Gasteiger partial charge in [-0.15, -0.1) is 0 Å². The molecular formula is C21H26O4. The van der Waals surface area contributed by atoms with E-state index >= 15 is 0 Å². The quantitative estimate of drug-likeness (QED) is 0.358. The van der Waals surface area contributed by atoms with Crippen LogP contribution in [0.4, 0.5) is 0 Å². The van der Waals surface area contributed by atoms with Crippen LogP contribution in [-0.4, -0.2) is 23.0 Å². The van der Waals surface area contributed by atoms with Gasteiger partial charge in [0.15, 0.2) is 6.10 Å². The zero-order chi connectivity index (χ0) is 18.6. The van der Waals surface area contributed by atoms with Gasteiger partial charge in [-0.1, -0.05) is 57.2 Å². The second-order valence-corrected chi connectivity index (χ2v) is 7.04. The van der Waals surface area contributed by atoms with Gasteiger partial charge in [-0.05, 0) is 36.8 Å². The van der Waals surface area contributed by atoms with Crippen LogP contribution in [0.5, 0.6) is 0 Å². The topological polar surface area (TPSA) is 63.6 Å². The predicted octanol–water partition coefficient (Wildman–Crippen LogP) is 4.47. The van der Waals surface area contributed by atoms with Crippen LogP contribution < -0.4 is 0 Å². The Bertz CT molecular complexity index is 698. The molecule has 1 fully saturated rings. The number of benzene rings is 1. The molecule has 0 aliphatic carbocycles. The Kier molecular flexibility index (Phi) is 6.18. The number of aliphatic hydroxyl groups excluding tert-OH is 1. The Hall–Kier alpha value is -2.36. The molecule has 2 rings (SSSR count). The molecule has 2 atom stereocenters. The van der Waals surface area contributed by atoms with E-state index in [0.717, 1.165) is 11.1 Å². The van der Waals surface area contributed by atoms with Crippen LogP contribution in [0.25, 0.3) is 5.57 Å². The lowest BCUT2D eigenvalue weighted by Crippen LogP contribution is -2.19. The Morgan fingerprint density at radius 2 is 1.84 bits per heavy atom. The first kappa shape index (κ1) is 19.0. The van der Waals surface area contributed by atoms with Crippen molar-refractivity contribution in [1.82, 2.24) is 0 Å². The van der Waals surface area contributed by atoms with Crippen LogP contribution in [0.15, 0.2) is 47.7 Å².